The van der Waals surface area contributed by atoms with Crippen molar-refractivity contribution < 1.29 is 24.2 Å². The van der Waals surface area contributed by atoms with Crippen molar-refractivity contribution in [3.63, 3.8) is 0 Å². The molecule has 2 heterocycles. The molecule has 1 unspecified atom stereocenters. The number of amides is 1. The molecule has 1 atom stereocenters. The van der Waals surface area contributed by atoms with E-state index >= 15 is 0 Å². The average molecular weight is 616 g/mol. The van der Waals surface area contributed by atoms with E-state index in [2.05, 4.69) is 34.5 Å². The molecule has 0 radical (unpaired) electrons. The molecule has 0 aliphatic carbocycles. The smallest absolute Gasteiger partial charge is 0.301 e. The summed E-state index contributed by atoms with van der Waals surface area (Å²) < 4.78 is 12.2. The quantitative estimate of drug-likeness (QED) is 0.0581. The molecule has 43 heavy (non-hydrogen) atoms. The summed E-state index contributed by atoms with van der Waals surface area (Å²) in [6.07, 6.45) is 1.69. The van der Waals surface area contributed by atoms with Gasteiger partial charge < -0.3 is 14.6 Å². The molecule has 8 nitrogen and oxygen atoms in total. The predicted octanol–water partition coefficient (Wildman–Crippen LogP) is 7.34. The Balaban J connectivity index is 1.52. The van der Waals surface area contributed by atoms with E-state index in [0.29, 0.717) is 45.9 Å². The van der Waals surface area contributed by atoms with Gasteiger partial charge in [0.2, 0.25) is 5.13 Å². The van der Waals surface area contributed by atoms with Gasteiger partial charge in [-0.1, -0.05) is 78.9 Å². The predicted molar refractivity (Wildman–Crippen MR) is 170 cm³/mol. The normalized spacial score (nSPS) is 16.1. The minimum absolute atomic E-state index is 0.0241. The van der Waals surface area contributed by atoms with Gasteiger partial charge in [0, 0.05) is 11.3 Å². The van der Waals surface area contributed by atoms with Crippen LogP contribution in [-0.2, 0) is 15.3 Å². The summed E-state index contributed by atoms with van der Waals surface area (Å²) in [6, 6.07) is 21.4. The fraction of sp³-hybridized carbons (Fsp3) is 0.273. The standard InChI is InChI=1S/C33H33N3O5S2/c1-4-17-40-25-15-13-23(14-16-25)29(37)27-28(24-7-6-8-26(19-24)41-18-5-2)36(31(39)30(27)38)32-34-35-33(43-32)42-20-22-11-9-21(3)10-12-22/h6-16,19,28,37H,4-5,17-18,20H2,1-3H3/b29-27+. The first-order valence-electron chi connectivity index (χ1n) is 14.2. The number of carbonyl (C=O) groups excluding carboxylic acids is 2. The van der Waals surface area contributed by atoms with Gasteiger partial charge in [-0.2, -0.15) is 0 Å². The van der Waals surface area contributed by atoms with Crippen LogP contribution in [0.5, 0.6) is 11.5 Å². The van der Waals surface area contributed by atoms with Crippen molar-refractivity contribution in [2.24, 2.45) is 0 Å². The highest BCUT2D eigenvalue weighted by Crippen LogP contribution is 2.44. The fourth-order valence-corrected chi connectivity index (χ4v) is 6.43. The number of hydrogen-bond donors (Lipinski definition) is 1. The number of rotatable bonds is 12. The first kappa shape index (κ1) is 30.3. The topological polar surface area (TPSA) is 102 Å². The molecule has 1 aromatic heterocycles. The summed E-state index contributed by atoms with van der Waals surface area (Å²) in [5.74, 6) is 0.102. The highest BCUT2D eigenvalue weighted by atomic mass is 32.2. The molecule has 1 aliphatic heterocycles. The number of aromatic nitrogens is 2. The van der Waals surface area contributed by atoms with E-state index in [1.807, 2.05) is 39.0 Å². The van der Waals surface area contributed by atoms with Crippen molar-refractivity contribution in [2.75, 3.05) is 18.1 Å². The molecular formula is C33H33N3O5S2. The van der Waals surface area contributed by atoms with E-state index in [0.717, 1.165) is 18.4 Å². The monoisotopic (exact) mass is 615 g/mol. The van der Waals surface area contributed by atoms with Gasteiger partial charge in [-0.05, 0) is 67.3 Å². The van der Waals surface area contributed by atoms with Crippen LogP contribution in [0, 0.1) is 6.92 Å². The van der Waals surface area contributed by atoms with Crippen molar-refractivity contribution >= 4 is 45.7 Å². The van der Waals surface area contributed by atoms with Gasteiger partial charge in [0.15, 0.2) is 4.34 Å². The van der Waals surface area contributed by atoms with Crippen LogP contribution < -0.4 is 14.4 Å². The Hall–Kier alpha value is -4.15. The molecule has 222 valence electrons. The first-order chi connectivity index (χ1) is 20.9. The molecule has 0 bridgehead atoms. The zero-order valence-electron chi connectivity index (χ0n) is 24.3. The lowest BCUT2D eigenvalue weighted by Crippen LogP contribution is -2.29. The molecule has 1 N–H and O–H groups in total. The number of hydrogen-bond acceptors (Lipinski definition) is 9. The first-order valence-corrected chi connectivity index (χ1v) is 16.0. The Morgan fingerprint density at radius 2 is 1.63 bits per heavy atom. The number of aliphatic hydroxyl groups is 1. The molecule has 1 fully saturated rings. The molecule has 10 heteroatoms. The Kier molecular flexibility index (Phi) is 9.79. The van der Waals surface area contributed by atoms with Crippen molar-refractivity contribution in [3.05, 3.63) is 101 Å². The summed E-state index contributed by atoms with van der Waals surface area (Å²) in [5, 5.41) is 20.4. The number of ketones is 1. The summed E-state index contributed by atoms with van der Waals surface area (Å²) in [5.41, 5.74) is 3.32. The lowest BCUT2D eigenvalue weighted by molar-refractivity contribution is -0.132. The van der Waals surface area contributed by atoms with E-state index in [4.69, 9.17) is 9.47 Å². The Labute approximate surface area is 259 Å². The highest BCUT2D eigenvalue weighted by molar-refractivity contribution is 8.00. The van der Waals surface area contributed by atoms with Crippen LogP contribution in [0.2, 0.25) is 0 Å². The zero-order valence-corrected chi connectivity index (χ0v) is 25.9. The van der Waals surface area contributed by atoms with Gasteiger partial charge in [-0.15, -0.1) is 10.2 Å². The zero-order chi connectivity index (χ0) is 30.3. The SMILES string of the molecule is CCCOc1ccc(/C(O)=C2\C(=O)C(=O)N(c3nnc(SCc4ccc(C)cc4)s3)C2c2cccc(OCCC)c2)cc1. The third-order valence-electron chi connectivity index (χ3n) is 6.78. The molecule has 1 saturated heterocycles. The van der Waals surface area contributed by atoms with Gasteiger partial charge >= 0.3 is 5.91 Å². The summed E-state index contributed by atoms with van der Waals surface area (Å²) >= 11 is 2.74. The second-order valence-electron chi connectivity index (χ2n) is 10.1. The number of aliphatic hydroxyl groups excluding tert-OH is 1. The third kappa shape index (κ3) is 6.92. The highest BCUT2D eigenvalue weighted by Gasteiger charge is 2.48. The summed E-state index contributed by atoms with van der Waals surface area (Å²) in [7, 11) is 0. The van der Waals surface area contributed by atoms with E-state index < -0.39 is 17.7 Å². The maximum atomic E-state index is 13.6. The van der Waals surface area contributed by atoms with Gasteiger partial charge in [-0.25, -0.2) is 0 Å². The lowest BCUT2D eigenvalue weighted by Gasteiger charge is -2.23. The number of ether oxygens (including phenoxy) is 2. The Morgan fingerprint density at radius 3 is 2.33 bits per heavy atom. The lowest BCUT2D eigenvalue weighted by atomic mass is 9.95. The number of carbonyl (C=O) groups is 2. The molecule has 3 aromatic carbocycles. The van der Waals surface area contributed by atoms with E-state index in [-0.39, 0.29) is 16.5 Å². The van der Waals surface area contributed by atoms with E-state index in [1.54, 1.807) is 30.3 Å². The molecule has 5 rings (SSSR count). The number of Topliss-reactive ketones (excluding diaryl/α,β-unsaturated/α-hetero) is 1. The van der Waals surface area contributed by atoms with Crippen LogP contribution in [0.1, 0.15) is 55.0 Å². The number of benzene rings is 3. The maximum Gasteiger partial charge on any atom is 0.301 e. The molecular weight excluding hydrogens is 583 g/mol. The van der Waals surface area contributed by atoms with Crippen LogP contribution in [0.15, 0.2) is 82.7 Å². The van der Waals surface area contributed by atoms with Crippen molar-refractivity contribution in [3.8, 4) is 11.5 Å². The van der Waals surface area contributed by atoms with Gasteiger partial charge in [0.25, 0.3) is 5.78 Å². The molecule has 1 aliphatic rings. The molecule has 0 spiro atoms. The maximum absolute atomic E-state index is 13.6. The van der Waals surface area contributed by atoms with Crippen molar-refractivity contribution in [1.82, 2.24) is 10.2 Å². The second-order valence-corrected chi connectivity index (χ2v) is 12.3. The van der Waals surface area contributed by atoms with Gasteiger partial charge in [0.1, 0.15) is 17.3 Å². The van der Waals surface area contributed by atoms with Crippen LogP contribution >= 0.6 is 23.1 Å². The fourth-order valence-electron chi connectivity index (χ4n) is 4.61. The van der Waals surface area contributed by atoms with E-state index in [1.165, 1.54) is 33.6 Å². The van der Waals surface area contributed by atoms with Crippen molar-refractivity contribution in [1.29, 1.82) is 0 Å². The third-order valence-corrected chi connectivity index (χ3v) is 8.90. The van der Waals surface area contributed by atoms with Crippen LogP contribution in [0.3, 0.4) is 0 Å². The summed E-state index contributed by atoms with van der Waals surface area (Å²) in [4.78, 5) is 28.5. The Morgan fingerprint density at radius 1 is 0.930 bits per heavy atom. The largest absolute Gasteiger partial charge is 0.507 e. The minimum Gasteiger partial charge on any atom is -0.507 e. The summed E-state index contributed by atoms with van der Waals surface area (Å²) in [6.45, 7) is 7.17. The number of nitrogens with zero attached hydrogens (tertiary/aromatic N) is 3. The van der Waals surface area contributed by atoms with Crippen molar-refractivity contribution in [2.45, 2.75) is 49.7 Å². The van der Waals surface area contributed by atoms with Gasteiger partial charge in [-0.3, -0.25) is 14.5 Å². The van der Waals surface area contributed by atoms with E-state index in [9.17, 15) is 14.7 Å². The Bertz CT molecular complexity index is 1620. The van der Waals surface area contributed by atoms with Gasteiger partial charge in [0.05, 0.1) is 24.8 Å². The molecule has 1 amide bonds. The van der Waals surface area contributed by atoms with Crippen LogP contribution in [-0.4, -0.2) is 40.2 Å². The number of aryl methyl sites for hydroxylation is 1. The van der Waals surface area contributed by atoms with Crippen LogP contribution in [0.4, 0.5) is 5.13 Å². The molecule has 4 aromatic rings. The molecule has 0 saturated carbocycles. The minimum atomic E-state index is -0.927. The second kappa shape index (κ2) is 13.9. The number of anilines is 1. The number of thioether (sulfide) groups is 1. The van der Waals surface area contributed by atoms with Crippen LogP contribution in [0.25, 0.3) is 5.76 Å². The average Bonchev–Trinajstić information content (AvgIpc) is 3.60.